The molecule has 0 aliphatic rings. The molecule has 0 saturated carbocycles. The van der Waals surface area contributed by atoms with Crippen LogP contribution in [-0.2, 0) is 4.79 Å². The summed E-state index contributed by atoms with van der Waals surface area (Å²) in [6, 6.07) is 9.65. The number of amides is 1. The van der Waals surface area contributed by atoms with Crippen molar-refractivity contribution in [3.63, 3.8) is 0 Å². The molecule has 92 valence electrons. The van der Waals surface area contributed by atoms with E-state index in [4.69, 9.17) is 12.2 Å². The SMILES string of the molecule is O=C(CS)NCCNC(=S)Nc1ccccc1. The van der Waals surface area contributed by atoms with Gasteiger partial charge in [0, 0.05) is 18.8 Å². The second-order valence-corrected chi connectivity index (χ2v) is 3.98. The zero-order valence-electron chi connectivity index (χ0n) is 9.27. The van der Waals surface area contributed by atoms with Crippen LogP contribution in [0.2, 0.25) is 0 Å². The summed E-state index contributed by atoms with van der Waals surface area (Å²) in [5.74, 6) is 0.115. The molecular formula is C11H15N3OS2. The molecule has 6 heteroatoms. The van der Waals surface area contributed by atoms with Gasteiger partial charge in [-0.2, -0.15) is 12.6 Å². The van der Waals surface area contributed by atoms with Crippen LogP contribution in [0.15, 0.2) is 30.3 Å². The highest BCUT2D eigenvalue weighted by Crippen LogP contribution is 2.03. The molecule has 0 unspecified atom stereocenters. The summed E-state index contributed by atoms with van der Waals surface area (Å²) in [6.07, 6.45) is 0. The maximum atomic E-state index is 10.9. The minimum Gasteiger partial charge on any atom is -0.361 e. The third-order valence-corrected chi connectivity index (χ3v) is 2.44. The van der Waals surface area contributed by atoms with E-state index < -0.39 is 0 Å². The minimum atomic E-state index is -0.0860. The predicted octanol–water partition coefficient (Wildman–Crippen LogP) is 1.02. The minimum absolute atomic E-state index is 0.0860. The molecule has 1 amide bonds. The number of hydrogen-bond donors (Lipinski definition) is 4. The number of rotatable bonds is 5. The van der Waals surface area contributed by atoms with Gasteiger partial charge in [0.1, 0.15) is 0 Å². The Kier molecular flexibility index (Phi) is 6.42. The molecule has 0 saturated heterocycles. The molecule has 0 heterocycles. The smallest absolute Gasteiger partial charge is 0.229 e. The van der Waals surface area contributed by atoms with E-state index in [1.165, 1.54) is 0 Å². The average Bonchev–Trinajstić information content (AvgIpc) is 2.35. The summed E-state index contributed by atoms with van der Waals surface area (Å²) < 4.78 is 0. The van der Waals surface area contributed by atoms with E-state index >= 15 is 0 Å². The van der Waals surface area contributed by atoms with Gasteiger partial charge in [-0.3, -0.25) is 4.79 Å². The van der Waals surface area contributed by atoms with E-state index in [0.717, 1.165) is 5.69 Å². The summed E-state index contributed by atoms with van der Waals surface area (Å²) >= 11 is 8.95. The molecule has 17 heavy (non-hydrogen) atoms. The zero-order valence-corrected chi connectivity index (χ0v) is 11.0. The number of thiol groups is 1. The number of thiocarbonyl (C=S) groups is 1. The highest BCUT2D eigenvalue weighted by Gasteiger charge is 1.97. The van der Waals surface area contributed by atoms with Crippen LogP contribution in [0.25, 0.3) is 0 Å². The third kappa shape index (κ3) is 6.13. The summed E-state index contributed by atoms with van der Waals surface area (Å²) in [4.78, 5) is 10.9. The largest absolute Gasteiger partial charge is 0.361 e. The van der Waals surface area contributed by atoms with Gasteiger partial charge < -0.3 is 16.0 Å². The molecule has 0 aliphatic carbocycles. The Balaban J connectivity index is 2.16. The Morgan fingerprint density at radius 1 is 1.18 bits per heavy atom. The van der Waals surface area contributed by atoms with Crippen LogP contribution in [0.3, 0.4) is 0 Å². The van der Waals surface area contributed by atoms with Gasteiger partial charge in [-0.25, -0.2) is 0 Å². The van der Waals surface area contributed by atoms with Crippen molar-refractivity contribution in [1.82, 2.24) is 10.6 Å². The number of carbonyl (C=O) groups excluding carboxylic acids is 1. The van der Waals surface area contributed by atoms with Gasteiger partial charge in [0.05, 0.1) is 5.75 Å². The second-order valence-electron chi connectivity index (χ2n) is 3.25. The zero-order chi connectivity index (χ0) is 12.5. The fourth-order valence-electron chi connectivity index (χ4n) is 1.13. The van der Waals surface area contributed by atoms with Crippen LogP contribution in [-0.4, -0.2) is 29.9 Å². The van der Waals surface area contributed by atoms with Gasteiger partial charge in [-0.1, -0.05) is 18.2 Å². The average molecular weight is 269 g/mol. The Labute approximate surface area is 112 Å². The number of carbonyl (C=O) groups is 1. The molecule has 4 nitrogen and oxygen atoms in total. The van der Waals surface area contributed by atoms with E-state index in [0.29, 0.717) is 18.2 Å². The van der Waals surface area contributed by atoms with Crippen molar-refractivity contribution in [3.05, 3.63) is 30.3 Å². The normalized spacial score (nSPS) is 9.47. The molecule has 0 fully saturated rings. The van der Waals surface area contributed by atoms with E-state index in [1.807, 2.05) is 30.3 Å². The van der Waals surface area contributed by atoms with Gasteiger partial charge in [0.25, 0.3) is 0 Å². The lowest BCUT2D eigenvalue weighted by Crippen LogP contribution is -2.37. The quantitative estimate of drug-likeness (QED) is 0.366. The van der Waals surface area contributed by atoms with Gasteiger partial charge in [0.15, 0.2) is 5.11 Å². The topological polar surface area (TPSA) is 53.2 Å². The molecule has 1 aromatic carbocycles. The van der Waals surface area contributed by atoms with Crippen molar-refractivity contribution in [2.75, 3.05) is 24.2 Å². The standard InChI is InChI=1S/C11H15N3OS2/c15-10(8-16)12-6-7-13-11(17)14-9-4-2-1-3-5-9/h1-5,16H,6-8H2,(H,12,15)(H2,13,14,17). The van der Waals surface area contributed by atoms with E-state index in [-0.39, 0.29) is 11.7 Å². The van der Waals surface area contributed by atoms with Crippen molar-refractivity contribution in [3.8, 4) is 0 Å². The van der Waals surface area contributed by atoms with Crippen LogP contribution in [0, 0.1) is 0 Å². The van der Waals surface area contributed by atoms with E-state index in [1.54, 1.807) is 0 Å². The molecule has 0 aromatic heterocycles. The van der Waals surface area contributed by atoms with Crippen molar-refractivity contribution in [2.45, 2.75) is 0 Å². The Hall–Kier alpha value is -1.27. The number of anilines is 1. The molecule has 0 aliphatic heterocycles. The van der Waals surface area contributed by atoms with Crippen LogP contribution in [0.4, 0.5) is 5.69 Å². The molecule has 0 spiro atoms. The fraction of sp³-hybridized carbons (Fsp3) is 0.273. The number of benzene rings is 1. The Morgan fingerprint density at radius 2 is 1.82 bits per heavy atom. The van der Waals surface area contributed by atoms with Crippen molar-refractivity contribution in [2.24, 2.45) is 0 Å². The summed E-state index contributed by atoms with van der Waals surface area (Å²) in [7, 11) is 0. The van der Waals surface area contributed by atoms with E-state index in [2.05, 4.69) is 28.6 Å². The van der Waals surface area contributed by atoms with Crippen LogP contribution in [0.5, 0.6) is 0 Å². The predicted molar refractivity (Wildman–Crippen MR) is 77.5 cm³/mol. The van der Waals surface area contributed by atoms with Gasteiger partial charge in [0.2, 0.25) is 5.91 Å². The lowest BCUT2D eigenvalue weighted by Gasteiger charge is -2.10. The first kappa shape index (κ1) is 13.8. The van der Waals surface area contributed by atoms with Gasteiger partial charge in [-0.15, -0.1) is 0 Å². The van der Waals surface area contributed by atoms with Crippen molar-refractivity contribution < 1.29 is 4.79 Å². The van der Waals surface area contributed by atoms with Crippen molar-refractivity contribution in [1.29, 1.82) is 0 Å². The number of nitrogens with one attached hydrogen (secondary N) is 3. The molecule has 1 rings (SSSR count). The molecule has 0 bridgehead atoms. The Bertz CT molecular complexity index is 370. The highest BCUT2D eigenvalue weighted by atomic mass is 32.1. The lowest BCUT2D eigenvalue weighted by molar-refractivity contribution is -0.118. The summed E-state index contributed by atoms with van der Waals surface area (Å²) in [5.41, 5.74) is 0.935. The van der Waals surface area contributed by atoms with Gasteiger partial charge >= 0.3 is 0 Å². The summed E-state index contributed by atoms with van der Waals surface area (Å²) in [5, 5.41) is 9.25. The van der Waals surface area contributed by atoms with Crippen molar-refractivity contribution >= 4 is 41.6 Å². The summed E-state index contributed by atoms with van der Waals surface area (Å²) in [6.45, 7) is 1.11. The molecular weight excluding hydrogens is 254 g/mol. The monoisotopic (exact) mass is 269 g/mol. The first-order valence-corrected chi connectivity index (χ1v) is 6.24. The first-order chi connectivity index (χ1) is 8.22. The third-order valence-electron chi connectivity index (χ3n) is 1.91. The lowest BCUT2D eigenvalue weighted by atomic mass is 10.3. The molecule has 0 atom stereocenters. The molecule has 3 N–H and O–H groups in total. The number of para-hydroxylation sites is 1. The van der Waals surface area contributed by atoms with Gasteiger partial charge in [-0.05, 0) is 24.4 Å². The fourth-order valence-corrected chi connectivity index (χ4v) is 1.46. The maximum Gasteiger partial charge on any atom is 0.229 e. The van der Waals surface area contributed by atoms with Crippen LogP contribution in [0.1, 0.15) is 0 Å². The molecule has 1 aromatic rings. The maximum absolute atomic E-state index is 10.9. The van der Waals surface area contributed by atoms with Crippen LogP contribution >= 0.6 is 24.8 Å². The Morgan fingerprint density at radius 3 is 2.47 bits per heavy atom. The number of hydrogen-bond acceptors (Lipinski definition) is 3. The first-order valence-electron chi connectivity index (χ1n) is 5.20. The second kappa shape index (κ2) is 7.92. The molecule has 0 radical (unpaired) electrons. The highest BCUT2D eigenvalue weighted by molar-refractivity contribution is 7.81. The van der Waals surface area contributed by atoms with Crippen LogP contribution < -0.4 is 16.0 Å². The van der Waals surface area contributed by atoms with E-state index in [9.17, 15) is 4.79 Å².